The highest BCUT2D eigenvalue weighted by atomic mass is 16.4. The summed E-state index contributed by atoms with van der Waals surface area (Å²) in [5, 5.41) is 11.4. The molecule has 0 saturated carbocycles. The van der Waals surface area contributed by atoms with Gasteiger partial charge in [-0.2, -0.15) is 0 Å². The van der Waals surface area contributed by atoms with E-state index in [1.165, 1.54) is 0 Å². The number of aliphatic carboxylic acids is 1. The van der Waals surface area contributed by atoms with E-state index in [1.807, 2.05) is 20.8 Å². The molecule has 4 heteroatoms. The summed E-state index contributed by atoms with van der Waals surface area (Å²) in [6.45, 7) is 6.67. The van der Waals surface area contributed by atoms with Gasteiger partial charge in [-0.3, -0.25) is 9.59 Å². The Hall–Kier alpha value is -1.06. The molecular formula is C12H23NO3. The van der Waals surface area contributed by atoms with Gasteiger partial charge in [-0.05, 0) is 24.7 Å². The Kier molecular flexibility index (Phi) is 7.60. The van der Waals surface area contributed by atoms with E-state index in [0.717, 1.165) is 6.42 Å². The number of hydrogen-bond acceptors (Lipinski definition) is 2. The van der Waals surface area contributed by atoms with Crippen LogP contribution in [0.15, 0.2) is 0 Å². The molecule has 1 unspecified atom stereocenters. The molecular weight excluding hydrogens is 206 g/mol. The Balaban J connectivity index is 3.50. The molecule has 0 aliphatic heterocycles. The van der Waals surface area contributed by atoms with E-state index < -0.39 is 5.97 Å². The van der Waals surface area contributed by atoms with Crippen molar-refractivity contribution in [1.29, 1.82) is 0 Å². The van der Waals surface area contributed by atoms with E-state index >= 15 is 0 Å². The quantitative estimate of drug-likeness (QED) is 0.669. The molecule has 4 nitrogen and oxygen atoms in total. The number of carboxylic acids is 1. The second-order valence-corrected chi connectivity index (χ2v) is 4.77. The molecule has 0 fully saturated rings. The first-order valence-corrected chi connectivity index (χ1v) is 5.90. The van der Waals surface area contributed by atoms with E-state index in [1.54, 1.807) is 0 Å². The molecule has 0 heterocycles. The molecule has 1 amide bonds. The summed E-state index contributed by atoms with van der Waals surface area (Å²) in [6.07, 6.45) is 2.29. The van der Waals surface area contributed by atoms with E-state index in [4.69, 9.17) is 5.11 Å². The second-order valence-electron chi connectivity index (χ2n) is 4.77. The van der Waals surface area contributed by atoms with Crippen molar-refractivity contribution in [3.8, 4) is 0 Å². The van der Waals surface area contributed by atoms with Gasteiger partial charge in [0.1, 0.15) is 0 Å². The molecule has 16 heavy (non-hydrogen) atoms. The average Bonchev–Trinajstić information content (AvgIpc) is 2.13. The summed E-state index contributed by atoms with van der Waals surface area (Å²) in [4.78, 5) is 21.6. The van der Waals surface area contributed by atoms with Gasteiger partial charge >= 0.3 is 5.97 Å². The first-order valence-electron chi connectivity index (χ1n) is 5.90. The highest BCUT2D eigenvalue weighted by Gasteiger charge is 2.07. The van der Waals surface area contributed by atoms with Crippen LogP contribution >= 0.6 is 0 Å². The first kappa shape index (κ1) is 14.9. The molecule has 2 N–H and O–H groups in total. The van der Waals surface area contributed by atoms with Crippen molar-refractivity contribution in [2.24, 2.45) is 11.8 Å². The maximum atomic E-state index is 11.3. The minimum atomic E-state index is -0.754. The summed E-state index contributed by atoms with van der Waals surface area (Å²) in [5.41, 5.74) is 0. The molecule has 0 aromatic heterocycles. The Morgan fingerprint density at radius 3 is 2.31 bits per heavy atom. The molecule has 0 radical (unpaired) electrons. The van der Waals surface area contributed by atoms with Gasteiger partial charge in [0.15, 0.2) is 0 Å². The van der Waals surface area contributed by atoms with Gasteiger partial charge in [-0.15, -0.1) is 0 Å². The topological polar surface area (TPSA) is 66.4 Å². The summed E-state index contributed by atoms with van der Waals surface area (Å²) < 4.78 is 0. The monoisotopic (exact) mass is 229 g/mol. The van der Waals surface area contributed by atoms with Gasteiger partial charge < -0.3 is 10.4 Å². The molecule has 0 aliphatic carbocycles. The maximum absolute atomic E-state index is 11.3. The Bertz CT molecular complexity index is 226. The van der Waals surface area contributed by atoms with Crippen LogP contribution in [0.2, 0.25) is 0 Å². The molecule has 0 aliphatic rings. The van der Waals surface area contributed by atoms with Crippen LogP contribution in [0.5, 0.6) is 0 Å². The highest BCUT2D eigenvalue weighted by molar-refractivity contribution is 5.75. The third kappa shape index (κ3) is 9.49. The summed E-state index contributed by atoms with van der Waals surface area (Å²) in [5.74, 6) is 0.0519. The van der Waals surface area contributed by atoms with Crippen molar-refractivity contribution in [3.63, 3.8) is 0 Å². The summed E-state index contributed by atoms with van der Waals surface area (Å²) in [6, 6.07) is 0. The zero-order chi connectivity index (χ0) is 12.6. The predicted molar refractivity (Wildman–Crippen MR) is 63.1 cm³/mol. The molecule has 94 valence electrons. The fraction of sp³-hybridized carbons (Fsp3) is 0.833. The molecule has 0 spiro atoms. The van der Waals surface area contributed by atoms with Crippen molar-refractivity contribution < 1.29 is 14.7 Å². The fourth-order valence-electron chi connectivity index (χ4n) is 1.42. The molecule has 0 rings (SSSR count). The van der Waals surface area contributed by atoms with Crippen molar-refractivity contribution in [3.05, 3.63) is 0 Å². The molecule has 1 atom stereocenters. The number of nitrogens with one attached hydrogen (secondary N) is 1. The summed E-state index contributed by atoms with van der Waals surface area (Å²) in [7, 11) is 0. The van der Waals surface area contributed by atoms with Crippen LogP contribution in [0.4, 0.5) is 0 Å². The standard InChI is InChI=1S/C12H23NO3/c1-9(2)8-11(14)13-7-6-10(3)4-5-12(15)16/h9-10H,4-8H2,1-3H3,(H,13,14)(H,15,16). The minimum absolute atomic E-state index is 0.0837. The van der Waals surface area contributed by atoms with Crippen LogP contribution in [-0.4, -0.2) is 23.5 Å². The van der Waals surface area contributed by atoms with Crippen LogP contribution in [0.3, 0.4) is 0 Å². The van der Waals surface area contributed by atoms with Crippen molar-refractivity contribution in [1.82, 2.24) is 5.32 Å². The third-order valence-corrected chi connectivity index (χ3v) is 2.40. The van der Waals surface area contributed by atoms with Crippen LogP contribution in [0, 0.1) is 11.8 Å². The Morgan fingerprint density at radius 1 is 1.19 bits per heavy atom. The largest absolute Gasteiger partial charge is 0.481 e. The first-order chi connectivity index (χ1) is 7.41. The van der Waals surface area contributed by atoms with Gasteiger partial charge in [0.2, 0.25) is 5.91 Å². The highest BCUT2D eigenvalue weighted by Crippen LogP contribution is 2.09. The maximum Gasteiger partial charge on any atom is 0.303 e. The third-order valence-electron chi connectivity index (χ3n) is 2.40. The average molecular weight is 229 g/mol. The number of rotatable bonds is 8. The van der Waals surface area contributed by atoms with Gasteiger partial charge in [-0.1, -0.05) is 20.8 Å². The summed E-state index contributed by atoms with van der Waals surface area (Å²) >= 11 is 0. The number of hydrogen-bond donors (Lipinski definition) is 2. The molecule has 0 aromatic carbocycles. The number of carbonyl (C=O) groups is 2. The fourth-order valence-corrected chi connectivity index (χ4v) is 1.42. The van der Waals surface area contributed by atoms with E-state index in [0.29, 0.717) is 31.2 Å². The van der Waals surface area contributed by atoms with E-state index in [-0.39, 0.29) is 12.3 Å². The Labute approximate surface area is 97.4 Å². The lowest BCUT2D eigenvalue weighted by Crippen LogP contribution is -2.26. The zero-order valence-corrected chi connectivity index (χ0v) is 10.5. The lowest BCUT2D eigenvalue weighted by molar-refractivity contribution is -0.137. The minimum Gasteiger partial charge on any atom is -0.481 e. The number of amides is 1. The lowest BCUT2D eigenvalue weighted by atomic mass is 10.0. The van der Waals surface area contributed by atoms with E-state index in [9.17, 15) is 9.59 Å². The lowest BCUT2D eigenvalue weighted by Gasteiger charge is -2.11. The molecule has 0 bridgehead atoms. The van der Waals surface area contributed by atoms with Crippen molar-refractivity contribution in [2.45, 2.75) is 46.5 Å². The second kappa shape index (κ2) is 8.13. The predicted octanol–water partition coefficient (Wildman–Crippen LogP) is 2.04. The van der Waals surface area contributed by atoms with Crippen LogP contribution in [0.25, 0.3) is 0 Å². The van der Waals surface area contributed by atoms with Gasteiger partial charge in [0.25, 0.3) is 0 Å². The molecule has 0 aromatic rings. The van der Waals surface area contributed by atoms with Gasteiger partial charge in [0, 0.05) is 19.4 Å². The number of carbonyl (C=O) groups excluding carboxylic acids is 1. The van der Waals surface area contributed by atoms with Crippen LogP contribution in [0.1, 0.15) is 46.5 Å². The van der Waals surface area contributed by atoms with Crippen LogP contribution < -0.4 is 5.32 Å². The van der Waals surface area contributed by atoms with E-state index in [2.05, 4.69) is 5.32 Å². The zero-order valence-electron chi connectivity index (χ0n) is 10.5. The SMILES string of the molecule is CC(C)CC(=O)NCCC(C)CCC(=O)O. The smallest absolute Gasteiger partial charge is 0.303 e. The normalized spacial score (nSPS) is 12.5. The Morgan fingerprint density at radius 2 is 1.81 bits per heavy atom. The molecule has 0 saturated heterocycles. The van der Waals surface area contributed by atoms with Crippen molar-refractivity contribution in [2.75, 3.05) is 6.54 Å². The van der Waals surface area contributed by atoms with Crippen molar-refractivity contribution >= 4 is 11.9 Å². The number of carboxylic acid groups (broad SMARTS) is 1. The van der Waals surface area contributed by atoms with Gasteiger partial charge in [0.05, 0.1) is 0 Å². The van der Waals surface area contributed by atoms with Gasteiger partial charge in [-0.25, -0.2) is 0 Å². The van der Waals surface area contributed by atoms with Crippen LogP contribution in [-0.2, 0) is 9.59 Å².